The number of fused-ring (bicyclic) bond motifs is 3. The highest BCUT2D eigenvalue weighted by Gasteiger charge is 2.18. The van der Waals surface area contributed by atoms with Crippen molar-refractivity contribution in [3.8, 4) is 11.4 Å². The minimum atomic E-state index is -2.60. The first-order chi connectivity index (χ1) is 16.5. The highest BCUT2D eigenvalue weighted by atomic mass is 19.1. The second-order valence-corrected chi connectivity index (χ2v) is 6.97. The molecular weight excluding hydrogens is 383 g/mol. The summed E-state index contributed by atoms with van der Waals surface area (Å²) in [6.07, 6.45) is 0.734. The Morgan fingerprint density at radius 1 is 1.30 bits per heavy atom. The zero-order valence-electron chi connectivity index (χ0n) is 20.9. The van der Waals surface area contributed by atoms with Crippen LogP contribution < -0.4 is 15.6 Å². The van der Waals surface area contributed by atoms with Crippen LogP contribution in [-0.4, -0.2) is 20.7 Å². The smallest absolute Gasteiger partial charge is 0.258 e. The number of ether oxygens (including phenoxy) is 1. The Kier molecular flexibility index (Phi) is 3.39. The molecule has 1 aliphatic heterocycles. The fourth-order valence-electron chi connectivity index (χ4n) is 3.60. The standard InChI is InChI=1S/C23H21FN4O2/c1-27-21-6-8-25-13-20(21)19-5-4-17(10-22(19)27)28-9-7-18(11-23(28)29)30-14-16-3-2-15(24)12-26-16/h2-5,7,9-12,25H,6,8,13-14H2,1H3/i1D3,6D2. The molecule has 1 N–H and O–H groups in total. The quantitative estimate of drug-likeness (QED) is 0.563. The maximum absolute atomic E-state index is 13.0. The third kappa shape index (κ3) is 3.27. The van der Waals surface area contributed by atoms with E-state index >= 15 is 0 Å². The van der Waals surface area contributed by atoms with Crippen LogP contribution in [0.1, 0.15) is 23.8 Å². The number of nitrogens with one attached hydrogen (secondary N) is 1. The van der Waals surface area contributed by atoms with Gasteiger partial charge in [0.05, 0.1) is 23.1 Å². The molecule has 7 heteroatoms. The maximum atomic E-state index is 13.0. The van der Waals surface area contributed by atoms with Crippen LogP contribution in [0.3, 0.4) is 0 Å². The fourth-order valence-corrected chi connectivity index (χ4v) is 3.60. The van der Waals surface area contributed by atoms with E-state index in [2.05, 4.69) is 10.3 Å². The van der Waals surface area contributed by atoms with E-state index in [0.29, 0.717) is 40.1 Å². The van der Waals surface area contributed by atoms with Gasteiger partial charge < -0.3 is 14.6 Å². The first-order valence-corrected chi connectivity index (χ1v) is 9.40. The lowest BCUT2D eigenvalue weighted by molar-refractivity contribution is 0.300. The molecular formula is C23H21FN4O2. The topological polar surface area (TPSA) is 61.1 Å². The monoisotopic (exact) mass is 409 g/mol. The number of aryl methyl sites for hydroxylation is 1. The predicted octanol–water partition coefficient (Wildman–Crippen LogP) is 3.09. The number of rotatable bonds is 4. The van der Waals surface area contributed by atoms with Crippen LogP contribution in [0.4, 0.5) is 4.39 Å². The molecule has 0 saturated carbocycles. The average molecular weight is 409 g/mol. The Balaban J connectivity index is 1.53. The number of pyridine rings is 2. The summed E-state index contributed by atoms with van der Waals surface area (Å²) in [6, 6.07) is 10.6. The van der Waals surface area contributed by atoms with Crippen LogP contribution in [0, 0.1) is 5.82 Å². The van der Waals surface area contributed by atoms with Crippen LogP contribution in [0.2, 0.25) is 0 Å². The van der Waals surface area contributed by atoms with Crippen LogP contribution in [0.15, 0.2) is 59.7 Å². The zero-order valence-corrected chi connectivity index (χ0v) is 15.9. The summed E-state index contributed by atoms with van der Waals surface area (Å²) in [6.45, 7) is -2.19. The molecule has 1 aromatic carbocycles. The molecule has 0 radical (unpaired) electrons. The first kappa shape index (κ1) is 13.7. The van der Waals surface area contributed by atoms with Gasteiger partial charge in [-0.15, -0.1) is 0 Å². The van der Waals surface area contributed by atoms with Crippen molar-refractivity contribution >= 4 is 10.9 Å². The van der Waals surface area contributed by atoms with Gasteiger partial charge in [0.2, 0.25) is 0 Å². The number of halogens is 1. The Morgan fingerprint density at radius 2 is 2.23 bits per heavy atom. The van der Waals surface area contributed by atoms with Gasteiger partial charge in [-0.1, -0.05) is 6.07 Å². The number of aromatic nitrogens is 3. The van der Waals surface area contributed by atoms with Gasteiger partial charge in [0.15, 0.2) is 0 Å². The maximum Gasteiger partial charge on any atom is 0.258 e. The van der Waals surface area contributed by atoms with E-state index in [-0.39, 0.29) is 18.8 Å². The molecule has 0 unspecified atom stereocenters. The van der Waals surface area contributed by atoms with Crippen molar-refractivity contribution in [1.82, 2.24) is 19.4 Å². The Hall–Kier alpha value is -3.45. The molecule has 0 saturated heterocycles. The van der Waals surface area contributed by atoms with Crippen LogP contribution >= 0.6 is 0 Å². The van der Waals surface area contributed by atoms with E-state index < -0.39 is 24.7 Å². The van der Waals surface area contributed by atoms with Gasteiger partial charge in [-0.05, 0) is 35.9 Å². The minimum Gasteiger partial charge on any atom is -0.487 e. The van der Waals surface area contributed by atoms with E-state index in [1.807, 2.05) is 0 Å². The Morgan fingerprint density at radius 3 is 3.03 bits per heavy atom. The highest BCUT2D eigenvalue weighted by molar-refractivity contribution is 5.87. The summed E-state index contributed by atoms with van der Waals surface area (Å²) in [4.78, 5) is 16.8. The molecule has 1 aliphatic rings. The van der Waals surface area contributed by atoms with Crippen LogP contribution in [-0.2, 0) is 26.5 Å². The predicted molar refractivity (Wildman–Crippen MR) is 112 cm³/mol. The van der Waals surface area contributed by atoms with Crippen LogP contribution in [0.25, 0.3) is 16.6 Å². The van der Waals surface area contributed by atoms with Crippen molar-refractivity contribution in [3.63, 3.8) is 0 Å². The molecule has 3 aromatic heterocycles. The molecule has 6 nitrogen and oxygen atoms in total. The lowest BCUT2D eigenvalue weighted by Crippen LogP contribution is -2.24. The van der Waals surface area contributed by atoms with Gasteiger partial charge in [-0.25, -0.2) is 4.39 Å². The van der Waals surface area contributed by atoms with Crippen molar-refractivity contribution in [2.75, 3.05) is 6.54 Å². The number of benzene rings is 1. The average Bonchev–Trinajstić information content (AvgIpc) is 3.14. The molecule has 0 amide bonds. The summed E-state index contributed by atoms with van der Waals surface area (Å²) in [5.74, 6) is -0.148. The summed E-state index contributed by atoms with van der Waals surface area (Å²) in [5, 5.41) is 3.63. The van der Waals surface area contributed by atoms with E-state index in [1.165, 1.54) is 29.0 Å². The SMILES string of the molecule is [2H]C1([2H])CNCc2c1n(C([2H])([2H])[2H])c1cc(-n3ccc(OCc4ccc(F)cn4)cc3=O)ccc21. The number of nitrogens with zero attached hydrogens (tertiary/aromatic N) is 3. The largest absolute Gasteiger partial charge is 0.487 e. The summed E-state index contributed by atoms with van der Waals surface area (Å²) in [5.41, 5.74) is 1.60. The molecule has 30 heavy (non-hydrogen) atoms. The van der Waals surface area contributed by atoms with E-state index in [4.69, 9.17) is 11.6 Å². The zero-order chi connectivity index (χ0) is 25.0. The minimum absolute atomic E-state index is 0.00756. The van der Waals surface area contributed by atoms with Crippen molar-refractivity contribution in [3.05, 3.63) is 88.0 Å². The third-order valence-electron chi connectivity index (χ3n) is 5.08. The van der Waals surface area contributed by atoms with Crippen molar-refractivity contribution in [1.29, 1.82) is 0 Å². The van der Waals surface area contributed by atoms with Crippen molar-refractivity contribution in [2.24, 2.45) is 6.98 Å². The van der Waals surface area contributed by atoms with E-state index in [9.17, 15) is 9.18 Å². The molecule has 4 aromatic rings. The molecule has 0 fully saturated rings. The Labute approximate surface area is 179 Å². The molecule has 0 bridgehead atoms. The second kappa shape index (κ2) is 7.42. The van der Waals surface area contributed by atoms with Gasteiger partial charge in [0.1, 0.15) is 18.2 Å². The van der Waals surface area contributed by atoms with Gasteiger partial charge in [-0.2, -0.15) is 0 Å². The van der Waals surface area contributed by atoms with Gasteiger partial charge >= 0.3 is 0 Å². The molecule has 4 heterocycles. The van der Waals surface area contributed by atoms with Crippen molar-refractivity contribution < 1.29 is 16.0 Å². The normalized spacial score (nSPS) is 18.0. The summed E-state index contributed by atoms with van der Waals surface area (Å²) < 4.78 is 62.0. The molecule has 0 atom stereocenters. The summed E-state index contributed by atoms with van der Waals surface area (Å²) >= 11 is 0. The third-order valence-corrected chi connectivity index (χ3v) is 5.08. The molecule has 0 spiro atoms. The highest BCUT2D eigenvalue weighted by Crippen LogP contribution is 2.29. The fraction of sp³-hybridized carbons (Fsp3) is 0.217. The molecule has 5 rings (SSSR count). The van der Waals surface area contributed by atoms with Crippen LogP contribution in [0.5, 0.6) is 5.75 Å². The lowest BCUT2D eigenvalue weighted by atomic mass is 10.1. The molecule has 0 aliphatic carbocycles. The first-order valence-electron chi connectivity index (χ1n) is 11.9. The van der Waals surface area contributed by atoms with Gasteiger partial charge in [0, 0.05) is 56.6 Å². The molecule has 152 valence electrons. The Bertz CT molecular complexity index is 1480. The number of hydrogen-bond donors (Lipinski definition) is 1. The summed E-state index contributed by atoms with van der Waals surface area (Å²) in [7, 11) is 0. The van der Waals surface area contributed by atoms with E-state index in [0.717, 1.165) is 10.8 Å². The number of hydrogen-bond acceptors (Lipinski definition) is 4. The van der Waals surface area contributed by atoms with E-state index in [1.54, 1.807) is 24.3 Å². The lowest BCUT2D eigenvalue weighted by Gasteiger charge is -2.14. The van der Waals surface area contributed by atoms with Gasteiger partial charge in [0.25, 0.3) is 5.56 Å². The van der Waals surface area contributed by atoms with Gasteiger partial charge in [-0.3, -0.25) is 14.3 Å². The van der Waals surface area contributed by atoms with Crippen molar-refractivity contribution in [2.45, 2.75) is 19.5 Å². The second-order valence-electron chi connectivity index (χ2n) is 6.97.